The summed E-state index contributed by atoms with van der Waals surface area (Å²) in [5.41, 5.74) is 0.771. The van der Waals surface area contributed by atoms with Gasteiger partial charge in [0.2, 0.25) is 0 Å². The number of ketones is 1. The van der Waals surface area contributed by atoms with Crippen LogP contribution < -0.4 is 5.32 Å². The van der Waals surface area contributed by atoms with Gasteiger partial charge in [0.15, 0.2) is 5.78 Å². The molecule has 0 aliphatic heterocycles. The molecule has 98 valence electrons. The van der Waals surface area contributed by atoms with Gasteiger partial charge in [-0.05, 0) is 12.0 Å². The first-order chi connectivity index (χ1) is 8.60. The Balaban J connectivity index is 2.95. The van der Waals surface area contributed by atoms with Crippen molar-refractivity contribution in [2.45, 2.75) is 26.3 Å². The van der Waals surface area contributed by atoms with E-state index in [9.17, 15) is 9.59 Å². The van der Waals surface area contributed by atoms with Crippen LogP contribution in [0.15, 0.2) is 30.3 Å². The Morgan fingerprint density at radius 2 is 1.89 bits per heavy atom. The van der Waals surface area contributed by atoms with Gasteiger partial charge in [-0.15, -0.1) is 0 Å². The molecule has 0 radical (unpaired) electrons. The van der Waals surface area contributed by atoms with Crippen LogP contribution in [0.4, 0.5) is 4.79 Å². The van der Waals surface area contributed by atoms with Crippen LogP contribution in [-0.4, -0.2) is 19.0 Å². The first-order valence-electron chi connectivity index (χ1n) is 6.03. The van der Waals surface area contributed by atoms with Gasteiger partial charge in [-0.1, -0.05) is 44.2 Å². The van der Waals surface area contributed by atoms with Gasteiger partial charge in [0.1, 0.15) is 6.04 Å². The molecule has 0 bridgehead atoms. The Kier molecular flexibility index (Phi) is 5.36. The van der Waals surface area contributed by atoms with Crippen molar-refractivity contribution < 1.29 is 14.3 Å². The lowest BCUT2D eigenvalue weighted by Crippen LogP contribution is -2.36. The van der Waals surface area contributed by atoms with E-state index in [2.05, 4.69) is 10.1 Å². The summed E-state index contributed by atoms with van der Waals surface area (Å²) >= 11 is 0. The van der Waals surface area contributed by atoms with Crippen LogP contribution >= 0.6 is 0 Å². The maximum Gasteiger partial charge on any atom is 0.407 e. The highest BCUT2D eigenvalue weighted by atomic mass is 16.5. The minimum Gasteiger partial charge on any atom is -0.453 e. The van der Waals surface area contributed by atoms with E-state index >= 15 is 0 Å². The quantitative estimate of drug-likeness (QED) is 0.872. The molecule has 2 atom stereocenters. The maximum atomic E-state index is 12.3. The lowest BCUT2D eigenvalue weighted by Gasteiger charge is -2.20. The van der Waals surface area contributed by atoms with E-state index in [-0.39, 0.29) is 11.7 Å². The lowest BCUT2D eigenvalue weighted by molar-refractivity contribution is -0.124. The lowest BCUT2D eigenvalue weighted by atomic mass is 9.93. The Labute approximate surface area is 107 Å². The van der Waals surface area contributed by atoms with Crippen molar-refractivity contribution in [1.82, 2.24) is 5.32 Å². The number of benzene rings is 1. The molecule has 2 unspecified atom stereocenters. The number of carbonyl (C=O) groups excluding carboxylic acids is 2. The molecule has 0 heterocycles. The van der Waals surface area contributed by atoms with Gasteiger partial charge in [-0.3, -0.25) is 4.79 Å². The number of ether oxygens (including phenoxy) is 1. The number of hydrogen-bond acceptors (Lipinski definition) is 3. The van der Waals surface area contributed by atoms with Crippen LogP contribution in [0, 0.1) is 5.92 Å². The van der Waals surface area contributed by atoms with Gasteiger partial charge in [0.05, 0.1) is 7.11 Å². The molecule has 0 aliphatic carbocycles. The number of nitrogens with one attached hydrogen (secondary N) is 1. The average Bonchev–Trinajstić information content (AvgIpc) is 2.43. The van der Waals surface area contributed by atoms with E-state index in [1.807, 2.05) is 44.2 Å². The molecule has 1 N–H and O–H groups in total. The van der Waals surface area contributed by atoms with Crippen molar-refractivity contribution in [3.8, 4) is 0 Å². The number of alkyl carbamates (subject to hydrolysis) is 1. The molecule has 1 amide bonds. The molecular weight excluding hydrogens is 230 g/mol. The van der Waals surface area contributed by atoms with Crippen LogP contribution in [0.2, 0.25) is 0 Å². The largest absolute Gasteiger partial charge is 0.453 e. The summed E-state index contributed by atoms with van der Waals surface area (Å²) in [6, 6.07) is 8.54. The molecule has 0 saturated carbocycles. The molecule has 4 heteroatoms. The first-order valence-corrected chi connectivity index (χ1v) is 6.03. The Hall–Kier alpha value is -1.84. The molecule has 0 spiro atoms. The van der Waals surface area contributed by atoms with Crippen molar-refractivity contribution in [3.05, 3.63) is 35.9 Å². The summed E-state index contributed by atoms with van der Waals surface area (Å²) in [7, 11) is 1.28. The van der Waals surface area contributed by atoms with E-state index in [0.717, 1.165) is 12.0 Å². The van der Waals surface area contributed by atoms with E-state index in [4.69, 9.17) is 0 Å². The molecule has 0 saturated heterocycles. The Bertz CT molecular complexity index is 403. The van der Waals surface area contributed by atoms with Crippen LogP contribution in [0.5, 0.6) is 0 Å². The van der Waals surface area contributed by atoms with E-state index in [1.54, 1.807) is 0 Å². The first kappa shape index (κ1) is 14.2. The Morgan fingerprint density at radius 1 is 1.28 bits per heavy atom. The highest BCUT2D eigenvalue weighted by molar-refractivity contribution is 5.90. The summed E-state index contributed by atoms with van der Waals surface area (Å²) in [6.45, 7) is 3.81. The van der Waals surface area contributed by atoms with Gasteiger partial charge < -0.3 is 10.1 Å². The van der Waals surface area contributed by atoms with Crippen molar-refractivity contribution in [2.24, 2.45) is 5.92 Å². The van der Waals surface area contributed by atoms with Crippen LogP contribution in [0.3, 0.4) is 0 Å². The summed E-state index contributed by atoms with van der Waals surface area (Å²) in [6.07, 6.45) is 0.144. The second kappa shape index (κ2) is 6.79. The molecular formula is C14H19NO3. The molecule has 0 aromatic heterocycles. The number of Topliss-reactive ketones (excluding diaryl/α,β-unsaturated/α-hetero) is 1. The molecule has 1 aromatic rings. The topological polar surface area (TPSA) is 55.4 Å². The van der Waals surface area contributed by atoms with Gasteiger partial charge in [0.25, 0.3) is 0 Å². The minimum absolute atomic E-state index is 0.00546. The predicted octanol–water partition coefficient (Wildman–Crippen LogP) is 2.70. The van der Waals surface area contributed by atoms with Crippen molar-refractivity contribution in [2.75, 3.05) is 7.11 Å². The smallest absolute Gasteiger partial charge is 0.407 e. The number of hydrogen-bond donors (Lipinski definition) is 1. The van der Waals surface area contributed by atoms with E-state index in [1.165, 1.54) is 7.11 Å². The highest BCUT2D eigenvalue weighted by Crippen LogP contribution is 2.19. The minimum atomic E-state index is -0.645. The molecule has 1 aromatic carbocycles. The van der Waals surface area contributed by atoms with E-state index in [0.29, 0.717) is 0 Å². The number of methoxy groups -OCH3 is 1. The standard InChI is InChI=1S/C14H19NO3/c1-4-10(2)13(16)12(15-14(17)18-3)11-8-6-5-7-9-11/h5-10,12H,4H2,1-3H3,(H,15,17). The fourth-order valence-corrected chi connectivity index (χ4v) is 1.63. The van der Waals surface area contributed by atoms with Crippen molar-refractivity contribution >= 4 is 11.9 Å². The van der Waals surface area contributed by atoms with Crippen LogP contribution in [0.1, 0.15) is 31.9 Å². The fraction of sp³-hybridized carbons (Fsp3) is 0.429. The van der Waals surface area contributed by atoms with Crippen LogP contribution in [0.25, 0.3) is 0 Å². The van der Waals surface area contributed by atoms with Gasteiger partial charge in [0, 0.05) is 5.92 Å². The van der Waals surface area contributed by atoms with Gasteiger partial charge in [-0.25, -0.2) is 4.79 Å². The average molecular weight is 249 g/mol. The van der Waals surface area contributed by atoms with E-state index < -0.39 is 12.1 Å². The second-order valence-corrected chi connectivity index (χ2v) is 4.19. The SMILES string of the molecule is CCC(C)C(=O)C(NC(=O)OC)c1ccccc1. The molecule has 0 aliphatic rings. The molecule has 1 rings (SSSR count). The maximum absolute atomic E-state index is 12.3. The van der Waals surface area contributed by atoms with Crippen molar-refractivity contribution in [1.29, 1.82) is 0 Å². The molecule has 18 heavy (non-hydrogen) atoms. The third-order valence-electron chi connectivity index (χ3n) is 2.96. The van der Waals surface area contributed by atoms with Crippen molar-refractivity contribution in [3.63, 3.8) is 0 Å². The molecule has 4 nitrogen and oxygen atoms in total. The number of amides is 1. The fourth-order valence-electron chi connectivity index (χ4n) is 1.63. The Morgan fingerprint density at radius 3 is 2.39 bits per heavy atom. The zero-order chi connectivity index (χ0) is 13.5. The third kappa shape index (κ3) is 3.58. The predicted molar refractivity (Wildman–Crippen MR) is 69.2 cm³/mol. The number of rotatable bonds is 5. The summed E-state index contributed by atoms with van der Waals surface area (Å²) < 4.78 is 4.56. The monoisotopic (exact) mass is 249 g/mol. The zero-order valence-electron chi connectivity index (χ0n) is 11.0. The third-order valence-corrected chi connectivity index (χ3v) is 2.96. The normalized spacial score (nSPS) is 13.5. The zero-order valence-corrected chi connectivity index (χ0v) is 11.0. The second-order valence-electron chi connectivity index (χ2n) is 4.19. The van der Waals surface area contributed by atoms with Crippen LogP contribution in [-0.2, 0) is 9.53 Å². The summed E-state index contributed by atoms with van der Waals surface area (Å²) in [5, 5.41) is 2.59. The van der Waals surface area contributed by atoms with Gasteiger partial charge >= 0.3 is 6.09 Å². The molecule has 0 fully saturated rings. The highest BCUT2D eigenvalue weighted by Gasteiger charge is 2.26. The summed E-state index contributed by atoms with van der Waals surface area (Å²) in [5.74, 6) is -0.110. The number of carbonyl (C=O) groups is 2. The summed E-state index contributed by atoms with van der Waals surface area (Å²) in [4.78, 5) is 23.6. The van der Waals surface area contributed by atoms with Gasteiger partial charge in [-0.2, -0.15) is 0 Å².